The Labute approximate surface area is 127 Å². The fraction of sp³-hybridized carbons (Fsp3) is 0.600. The molecule has 0 saturated heterocycles. The molecule has 0 radical (unpaired) electrons. The van der Waals surface area contributed by atoms with E-state index in [9.17, 15) is 4.57 Å². The molecule has 1 aliphatic heterocycles. The van der Waals surface area contributed by atoms with Crippen molar-refractivity contribution >= 4 is 13.3 Å². The molecule has 5 nitrogen and oxygen atoms in total. The smallest absolute Gasteiger partial charge is 0.344 e. The van der Waals surface area contributed by atoms with Gasteiger partial charge in [0.1, 0.15) is 6.29 Å². The molecule has 0 bridgehead atoms. The fourth-order valence-corrected chi connectivity index (χ4v) is 4.38. The molecule has 0 aromatic heterocycles. The van der Waals surface area contributed by atoms with Crippen LogP contribution in [0.5, 0.6) is 0 Å². The molecule has 1 aliphatic rings. The van der Waals surface area contributed by atoms with Crippen LogP contribution in [0.15, 0.2) is 24.3 Å². The summed E-state index contributed by atoms with van der Waals surface area (Å²) in [6, 6.07) is 8.34. The average molecular weight is 312 g/mol. The predicted molar refractivity (Wildman–Crippen MR) is 85.8 cm³/mol. The quantitative estimate of drug-likeness (QED) is 0.755. The Morgan fingerprint density at radius 3 is 2.48 bits per heavy atom. The summed E-state index contributed by atoms with van der Waals surface area (Å²) in [6.07, 6.45) is 0.344. The van der Waals surface area contributed by atoms with Crippen LogP contribution in [0.3, 0.4) is 0 Å². The first-order chi connectivity index (χ1) is 10.1. The second-order valence-electron chi connectivity index (χ2n) is 5.19. The largest absolute Gasteiger partial charge is 0.373 e. The molecular formula is C15H25N2O3P. The maximum Gasteiger partial charge on any atom is 0.344 e. The van der Waals surface area contributed by atoms with Crippen molar-refractivity contribution in [3.8, 4) is 0 Å². The Balaban J connectivity index is 2.13. The molecule has 1 aromatic carbocycles. The van der Waals surface area contributed by atoms with E-state index < -0.39 is 7.60 Å². The molecule has 2 rings (SSSR count). The minimum absolute atomic E-state index is 0.344. The highest BCUT2D eigenvalue weighted by molar-refractivity contribution is 7.53. The van der Waals surface area contributed by atoms with E-state index in [1.165, 1.54) is 11.3 Å². The Bertz CT molecular complexity index is 499. The van der Waals surface area contributed by atoms with Crippen LogP contribution in [0, 0.1) is 0 Å². The first-order valence-corrected chi connectivity index (χ1v) is 9.20. The van der Waals surface area contributed by atoms with E-state index in [4.69, 9.17) is 9.05 Å². The number of para-hydroxylation sites is 1. The normalized spacial score (nSPS) is 16.6. The number of rotatable bonds is 6. The zero-order valence-corrected chi connectivity index (χ0v) is 14.0. The Morgan fingerprint density at radius 1 is 1.14 bits per heavy atom. The lowest BCUT2D eigenvalue weighted by Gasteiger charge is -2.25. The Morgan fingerprint density at radius 2 is 1.81 bits per heavy atom. The fourth-order valence-electron chi connectivity index (χ4n) is 2.63. The first-order valence-electron chi connectivity index (χ1n) is 7.47. The van der Waals surface area contributed by atoms with Crippen molar-refractivity contribution in [2.24, 2.45) is 0 Å². The molecule has 1 heterocycles. The lowest BCUT2D eigenvalue weighted by Crippen LogP contribution is -2.30. The molecule has 1 aromatic rings. The standard InChI is InChI=1S/C15H25N2O3P/c1-4-19-21(18,20-5-2)13-17-11-10-16(3)15-9-7-6-8-14(15)12-17/h6-9H,4-5,10-13H2,1-3H3. The van der Waals surface area contributed by atoms with Gasteiger partial charge in [0.05, 0.1) is 13.2 Å². The van der Waals surface area contributed by atoms with Gasteiger partial charge < -0.3 is 13.9 Å². The van der Waals surface area contributed by atoms with Crippen LogP contribution in [-0.2, 0) is 20.2 Å². The van der Waals surface area contributed by atoms with E-state index >= 15 is 0 Å². The molecule has 0 aliphatic carbocycles. The lowest BCUT2D eigenvalue weighted by molar-refractivity contribution is 0.195. The highest BCUT2D eigenvalue weighted by Crippen LogP contribution is 2.48. The van der Waals surface area contributed by atoms with Gasteiger partial charge in [-0.2, -0.15) is 0 Å². The molecule has 0 fully saturated rings. The van der Waals surface area contributed by atoms with Crippen molar-refractivity contribution in [2.45, 2.75) is 20.4 Å². The minimum Gasteiger partial charge on any atom is -0.373 e. The van der Waals surface area contributed by atoms with Gasteiger partial charge in [0, 0.05) is 32.4 Å². The maximum atomic E-state index is 12.7. The molecular weight excluding hydrogens is 287 g/mol. The summed E-state index contributed by atoms with van der Waals surface area (Å²) >= 11 is 0. The first kappa shape index (κ1) is 16.5. The van der Waals surface area contributed by atoms with Crippen LogP contribution in [0.1, 0.15) is 19.4 Å². The van der Waals surface area contributed by atoms with Crippen molar-refractivity contribution in [1.82, 2.24) is 4.90 Å². The van der Waals surface area contributed by atoms with Gasteiger partial charge >= 0.3 is 7.60 Å². The SMILES string of the molecule is CCOP(=O)(CN1CCN(C)c2ccccc2C1)OCC. The number of likely N-dealkylation sites (N-methyl/N-ethyl adjacent to an activating group) is 1. The number of nitrogens with zero attached hydrogens (tertiary/aromatic N) is 2. The minimum atomic E-state index is -3.03. The van der Waals surface area contributed by atoms with Crippen LogP contribution in [0.25, 0.3) is 0 Å². The number of fused-ring (bicyclic) bond motifs is 1. The number of hydrogen-bond acceptors (Lipinski definition) is 5. The lowest BCUT2D eigenvalue weighted by atomic mass is 10.1. The molecule has 0 N–H and O–H groups in total. The van der Waals surface area contributed by atoms with E-state index in [1.54, 1.807) is 0 Å². The molecule has 6 heteroatoms. The number of anilines is 1. The molecule has 0 saturated carbocycles. The Hall–Kier alpha value is -0.870. The van der Waals surface area contributed by atoms with Crippen LogP contribution < -0.4 is 4.90 Å². The van der Waals surface area contributed by atoms with Crippen LogP contribution >= 0.6 is 7.60 Å². The van der Waals surface area contributed by atoms with Crippen molar-refractivity contribution in [3.63, 3.8) is 0 Å². The van der Waals surface area contributed by atoms with Crippen molar-refractivity contribution < 1.29 is 13.6 Å². The summed E-state index contributed by atoms with van der Waals surface area (Å²) in [5, 5.41) is 0. The van der Waals surface area contributed by atoms with Crippen LogP contribution in [0.2, 0.25) is 0 Å². The zero-order valence-electron chi connectivity index (χ0n) is 13.1. The van der Waals surface area contributed by atoms with Gasteiger partial charge in [0.25, 0.3) is 0 Å². The second-order valence-corrected chi connectivity index (χ2v) is 7.21. The van der Waals surface area contributed by atoms with Crippen molar-refractivity contribution in [2.75, 3.05) is 44.5 Å². The molecule has 0 unspecified atom stereocenters. The van der Waals surface area contributed by atoms with E-state index in [0.29, 0.717) is 19.5 Å². The van der Waals surface area contributed by atoms with Gasteiger partial charge in [-0.05, 0) is 25.5 Å². The summed E-state index contributed by atoms with van der Waals surface area (Å²) in [4.78, 5) is 4.40. The summed E-state index contributed by atoms with van der Waals surface area (Å²) < 4.78 is 23.5. The summed E-state index contributed by atoms with van der Waals surface area (Å²) in [5.41, 5.74) is 2.49. The predicted octanol–water partition coefficient (Wildman–Crippen LogP) is 3.16. The van der Waals surface area contributed by atoms with Gasteiger partial charge in [0.15, 0.2) is 0 Å². The molecule has 0 amide bonds. The summed E-state index contributed by atoms with van der Waals surface area (Å²) in [7, 11) is -0.941. The second kappa shape index (κ2) is 7.41. The monoisotopic (exact) mass is 312 g/mol. The van der Waals surface area contributed by atoms with Gasteiger partial charge in [-0.1, -0.05) is 18.2 Å². The summed E-state index contributed by atoms with van der Waals surface area (Å²) in [6.45, 7) is 7.01. The van der Waals surface area contributed by atoms with E-state index in [-0.39, 0.29) is 0 Å². The molecule has 0 atom stereocenters. The highest BCUT2D eigenvalue weighted by atomic mass is 31.2. The van der Waals surface area contributed by atoms with E-state index in [2.05, 4.69) is 35.0 Å². The molecule has 118 valence electrons. The molecule has 0 spiro atoms. The maximum absolute atomic E-state index is 12.7. The molecule has 21 heavy (non-hydrogen) atoms. The third-order valence-corrected chi connectivity index (χ3v) is 5.62. The summed E-state index contributed by atoms with van der Waals surface area (Å²) in [5.74, 6) is 0. The number of benzene rings is 1. The van der Waals surface area contributed by atoms with Crippen molar-refractivity contribution in [3.05, 3.63) is 29.8 Å². The van der Waals surface area contributed by atoms with Crippen LogP contribution in [-0.4, -0.2) is 44.5 Å². The van der Waals surface area contributed by atoms with Crippen molar-refractivity contribution in [1.29, 1.82) is 0 Å². The van der Waals surface area contributed by atoms with Gasteiger partial charge in [-0.3, -0.25) is 9.46 Å². The highest BCUT2D eigenvalue weighted by Gasteiger charge is 2.29. The third-order valence-electron chi connectivity index (χ3n) is 3.57. The topological polar surface area (TPSA) is 42.0 Å². The van der Waals surface area contributed by atoms with Crippen LogP contribution in [0.4, 0.5) is 5.69 Å². The van der Waals surface area contributed by atoms with Gasteiger partial charge in [-0.25, -0.2) is 0 Å². The van der Waals surface area contributed by atoms with Gasteiger partial charge in [-0.15, -0.1) is 0 Å². The third kappa shape index (κ3) is 4.30. The van der Waals surface area contributed by atoms with Gasteiger partial charge in [0.2, 0.25) is 0 Å². The average Bonchev–Trinajstić information content (AvgIpc) is 2.59. The van der Waals surface area contributed by atoms with E-state index in [0.717, 1.165) is 19.6 Å². The number of hydrogen-bond donors (Lipinski definition) is 0. The Kier molecular flexibility index (Phi) is 5.82. The van der Waals surface area contributed by atoms with E-state index in [1.807, 2.05) is 19.9 Å². The zero-order chi connectivity index (χ0) is 15.3.